The predicted octanol–water partition coefficient (Wildman–Crippen LogP) is 17.6. The van der Waals surface area contributed by atoms with E-state index in [0.29, 0.717) is 19.3 Å². The van der Waals surface area contributed by atoms with E-state index in [4.69, 9.17) is 14.2 Å². The Bertz CT molecular complexity index is 1250. The monoisotopic (exact) mass is 891 g/mol. The second-order valence-corrected chi connectivity index (χ2v) is 17.4. The van der Waals surface area contributed by atoms with Crippen LogP contribution in [0.5, 0.6) is 0 Å². The van der Waals surface area contributed by atoms with Gasteiger partial charge in [-0.2, -0.15) is 0 Å². The molecule has 6 heteroatoms. The highest BCUT2D eigenvalue weighted by Crippen LogP contribution is 2.14. The molecule has 0 aliphatic rings. The lowest BCUT2D eigenvalue weighted by molar-refractivity contribution is -0.167. The summed E-state index contributed by atoms with van der Waals surface area (Å²) in [5.41, 5.74) is 0. The number of unbranched alkanes of at least 4 members (excludes halogenated alkanes) is 22. The first-order chi connectivity index (χ1) is 31.5. The molecule has 0 heterocycles. The van der Waals surface area contributed by atoms with Gasteiger partial charge in [0.15, 0.2) is 6.10 Å². The van der Waals surface area contributed by atoms with Crippen molar-refractivity contribution in [1.82, 2.24) is 0 Å². The lowest BCUT2D eigenvalue weighted by atomic mass is 10.1. The maximum Gasteiger partial charge on any atom is 0.306 e. The van der Waals surface area contributed by atoms with E-state index in [9.17, 15) is 14.4 Å². The van der Waals surface area contributed by atoms with E-state index in [1.54, 1.807) is 0 Å². The number of carbonyl (C=O) groups is 3. The molecule has 0 aromatic heterocycles. The number of carbonyl (C=O) groups excluding carboxylic acids is 3. The van der Waals surface area contributed by atoms with Crippen LogP contribution in [0.15, 0.2) is 85.1 Å². The average Bonchev–Trinajstić information content (AvgIpc) is 3.29. The van der Waals surface area contributed by atoms with Gasteiger partial charge in [0.05, 0.1) is 0 Å². The Balaban J connectivity index is 4.40. The van der Waals surface area contributed by atoms with Crippen molar-refractivity contribution >= 4 is 17.9 Å². The third-order valence-electron chi connectivity index (χ3n) is 11.1. The molecular formula is C58H98O6. The van der Waals surface area contributed by atoms with Crippen LogP contribution in [0.25, 0.3) is 0 Å². The first-order valence-corrected chi connectivity index (χ1v) is 26.6. The molecular weight excluding hydrogens is 793 g/mol. The van der Waals surface area contributed by atoms with Gasteiger partial charge in [0.25, 0.3) is 0 Å². The summed E-state index contributed by atoms with van der Waals surface area (Å²) in [7, 11) is 0. The van der Waals surface area contributed by atoms with Gasteiger partial charge in [0.2, 0.25) is 0 Å². The summed E-state index contributed by atoms with van der Waals surface area (Å²) in [4.78, 5) is 38.0. The second kappa shape index (κ2) is 52.2. The van der Waals surface area contributed by atoms with Crippen LogP contribution in [-0.2, 0) is 28.6 Å². The summed E-state index contributed by atoms with van der Waals surface area (Å²) in [5.74, 6) is -0.943. The van der Waals surface area contributed by atoms with Crippen molar-refractivity contribution in [2.45, 2.75) is 252 Å². The molecule has 64 heavy (non-hydrogen) atoms. The highest BCUT2D eigenvalue weighted by Gasteiger charge is 2.19. The van der Waals surface area contributed by atoms with Crippen LogP contribution in [0, 0.1) is 0 Å². The van der Waals surface area contributed by atoms with Crippen molar-refractivity contribution < 1.29 is 28.6 Å². The molecule has 0 bridgehead atoms. The van der Waals surface area contributed by atoms with Gasteiger partial charge < -0.3 is 14.2 Å². The molecule has 0 fully saturated rings. The summed E-state index contributed by atoms with van der Waals surface area (Å²) in [6, 6.07) is 0. The van der Waals surface area contributed by atoms with Gasteiger partial charge in [-0.1, -0.05) is 202 Å². The molecule has 0 radical (unpaired) electrons. The molecule has 1 unspecified atom stereocenters. The molecule has 0 aliphatic carbocycles. The van der Waals surface area contributed by atoms with Crippen LogP contribution in [0.2, 0.25) is 0 Å². The summed E-state index contributed by atoms with van der Waals surface area (Å²) in [6.45, 7) is 6.36. The van der Waals surface area contributed by atoms with E-state index in [2.05, 4.69) is 106 Å². The van der Waals surface area contributed by atoms with Crippen molar-refractivity contribution in [2.24, 2.45) is 0 Å². The molecule has 0 rings (SSSR count). The van der Waals surface area contributed by atoms with E-state index in [1.165, 1.54) is 109 Å². The second-order valence-electron chi connectivity index (χ2n) is 17.4. The first-order valence-electron chi connectivity index (χ1n) is 26.6. The van der Waals surface area contributed by atoms with Crippen molar-refractivity contribution in [3.63, 3.8) is 0 Å². The van der Waals surface area contributed by atoms with Gasteiger partial charge in [0.1, 0.15) is 13.2 Å². The van der Waals surface area contributed by atoms with Crippen LogP contribution in [0.3, 0.4) is 0 Å². The zero-order valence-corrected chi connectivity index (χ0v) is 41.8. The summed E-state index contributed by atoms with van der Waals surface area (Å²) >= 11 is 0. The van der Waals surface area contributed by atoms with Crippen molar-refractivity contribution in [2.75, 3.05) is 13.2 Å². The lowest BCUT2D eigenvalue weighted by Gasteiger charge is -2.18. The zero-order chi connectivity index (χ0) is 46.5. The normalized spacial score (nSPS) is 12.7. The Morgan fingerprint density at radius 3 is 1.00 bits per heavy atom. The van der Waals surface area contributed by atoms with Crippen LogP contribution in [-0.4, -0.2) is 37.2 Å². The number of ether oxygens (including phenoxy) is 3. The quantitative estimate of drug-likeness (QED) is 0.0262. The van der Waals surface area contributed by atoms with Gasteiger partial charge in [0, 0.05) is 19.3 Å². The fourth-order valence-electron chi connectivity index (χ4n) is 7.17. The minimum absolute atomic E-state index is 0.0934. The Morgan fingerprint density at radius 2 is 0.609 bits per heavy atom. The number of allylic oxidation sites excluding steroid dienone is 14. The highest BCUT2D eigenvalue weighted by molar-refractivity contribution is 5.71. The smallest absolute Gasteiger partial charge is 0.306 e. The van der Waals surface area contributed by atoms with E-state index in [0.717, 1.165) is 96.3 Å². The van der Waals surface area contributed by atoms with Gasteiger partial charge in [-0.3, -0.25) is 14.4 Å². The maximum atomic E-state index is 12.8. The molecule has 0 saturated carbocycles. The fourth-order valence-corrected chi connectivity index (χ4v) is 7.17. The first kappa shape index (κ1) is 60.6. The molecule has 366 valence electrons. The van der Waals surface area contributed by atoms with Crippen LogP contribution in [0.1, 0.15) is 245 Å². The highest BCUT2D eigenvalue weighted by atomic mass is 16.6. The van der Waals surface area contributed by atoms with E-state index in [-0.39, 0.29) is 31.1 Å². The lowest BCUT2D eigenvalue weighted by Crippen LogP contribution is -2.30. The minimum Gasteiger partial charge on any atom is -0.462 e. The fraction of sp³-hybridized carbons (Fsp3) is 0.707. The molecule has 0 aliphatic heterocycles. The molecule has 0 saturated heterocycles. The van der Waals surface area contributed by atoms with Crippen LogP contribution < -0.4 is 0 Å². The molecule has 6 nitrogen and oxygen atoms in total. The standard InChI is InChI=1S/C58H98O6/c1-4-7-10-13-16-19-22-25-27-28-29-30-32-33-36-39-42-45-48-51-57(60)63-54-55(53-62-56(59)50-47-44-41-38-35-24-21-18-15-12-9-6-3)64-58(61)52-49-46-43-40-37-34-31-26-23-20-17-14-11-8-5-2/h7,9-10,12,16,18-21,23,25,27,35,38,55H,4-6,8,11,13-15,17,22,24,26,28-34,36-37,39-54H2,1-3H3/b10-7-,12-9-,19-16-,21-18-,23-20-,27-25-,38-35-. The van der Waals surface area contributed by atoms with E-state index in [1.807, 2.05) is 0 Å². The third-order valence-corrected chi connectivity index (χ3v) is 11.1. The van der Waals surface area contributed by atoms with Crippen molar-refractivity contribution in [1.29, 1.82) is 0 Å². The zero-order valence-electron chi connectivity index (χ0n) is 41.8. The van der Waals surface area contributed by atoms with E-state index >= 15 is 0 Å². The molecule has 1 atom stereocenters. The average molecular weight is 891 g/mol. The number of hydrogen-bond donors (Lipinski definition) is 0. The van der Waals surface area contributed by atoms with Crippen molar-refractivity contribution in [3.05, 3.63) is 85.1 Å². The molecule has 0 amide bonds. The van der Waals surface area contributed by atoms with Gasteiger partial charge >= 0.3 is 17.9 Å². The number of hydrogen-bond acceptors (Lipinski definition) is 6. The summed E-state index contributed by atoms with van der Waals surface area (Å²) in [6.07, 6.45) is 67.1. The topological polar surface area (TPSA) is 78.9 Å². The Morgan fingerprint density at radius 1 is 0.328 bits per heavy atom. The van der Waals surface area contributed by atoms with Gasteiger partial charge in [-0.15, -0.1) is 0 Å². The third kappa shape index (κ3) is 49.6. The summed E-state index contributed by atoms with van der Waals surface area (Å²) in [5, 5.41) is 0. The van der Waals surface area contributed by atoms with E-state index < -0.39 is 6.10 Å². The van der Waals surface area contributed by atoms with Crippen LogP contribution >= 0.6 is 0 Å². The predicted molar refractivity (Wildman–Crippen MR) is 274 cm³/mol. The molecule has 0 N–H and O–H groups in total. The molecule has 0 spiro atoms. The Hall–Kier alpha value is -3.41. The number of rotatable bonds is 47. The largest absolute Gasteiger partial charge is 0.462 e. The minimum atomic E-state index is -0.796. The summed E-state index contributed by atoms with van der Waals surface area (Å²) < 4.78 is 16.8. The Labute approximate surface area is 395 Å². The maximum absolute atomic E-state index is 12.8. The Kier molecular flexibility index (Phi) is 49.4. The van der Waals surface area contributed by atoms with Crippen LogP contribution in [0.4, 0.5) is 0 Å². The van der Waals surface area contributed by atoms with Gasteiger partial charge in [-0.25, -0.2) is 0 Å². The SMILES string of the molecule is CC/C=C\C/C=C\C/C=C\CCCCCCCCCCCC(=O)OCC(COC(=O)CCCC/C=C\C/C=C\C/C=C\CC)OC(=O)CCCCCCCCC/C=C\CCCCCC. The number of esters is 3. The van der Waals surface area contributed by atoms with Crippen molar-refractivity contribution in [3.8, 4) is 0 Å². The molecule has 0 aromatic carbocycles. The van der Waals surface area contributed by atoms with Gasteiger partial charge in [-0.05, 0) is 109 Å². The molecule has 0 aromatic rings.